The lowest BCUT2D eigenvalue weighted by molar-refractivity contribution is -0.137. The third-order valence-corrected chi connectivity index (χ3v) is 4.43. The fraction of sp³-hybridized carbons (Fsp3) is 0.308. The number of halogens is 4. The van der Waals surface area contributed by atoms with Crippen molar-refractivity contribution in [1.29, 1.82) is 0 Å². The Kier molecular flexibility index (Phi) is 4.39. The van der Waals surface area contributed by atoms with E-state index in [1.807, 2.05) is 13.8 Å². The molecule has 1 aromatic carbocycles. The average Bonchev–Trinajstić information content (AvgIpc) is 2.77. The summed E-state index contributed by atoms with van der Waals surface area (Å²) in [7, 11) is 0. The van der Waals surface area contributed by atoms with Crippen LogP contribution < -0.4 is 5.32 Å². The zero-order valence-corrected chi connectivity index (χ0v) is 13.2. The molecule has 2 aromatic rings. The fourth-order valence-corrected chi connectivity index (χ4v) is 2.95. The molecule has 2 nitrogen and oxygen atoms in total. The first-order valence-electron chi connectivity index (χ1n) is 5.83. The molecule has 0 saturated heterocycles. The number of rotatable bonds is 3. The van der Waals surface area contributed by atoms with Gasteiger partial charge >= 0.3 is 6.18 Å². The van der Waals surface area contributed by atoms with Crippen LogP contribution in [0.25, 0.3) is 0 Å². The van der Waals surface area contributed by atoms with Gasteiger partial charge in [0.25, 0.3) is 0 Å². The molecule has 1 N–H and O–H groups in total. The van der Waals surface area contributed by atoms with Crippen LogP contribution in [0.15, 0.2) is 28.9 Å². The Morgan fingerprint density at radius 3 is 2.55 bits per heavy atom. The van der Waals surface area contributed by atoms with Crippen LogP contribution in [0.2, 0.25) is 0 Å². The van der Waals surface area contributed by atoms with E-state index < -0.39 is 11.7 Å². The zero-order valence-electron chi connectivity index (χ0n) is 10.8. The lowest BCUT2D eigenvalue weighted by atomic mass is 10.2. The smallest absolute Gasteiger partial charge is 0.375 e. The third kappa shape index (κ3) is 3.52. The van der Waals surface area contributed by atoms with Crippen molar-refractivity contribution in [3.05, 3.63) is 44.3 Å². The largest absolute Gasteiger partial charge is 0.416 e. The summed E-state index contributed by atoms with van der Waals surface area (Å²) in [5.74, 6) is 0. The Morgan fingerprint density at radius 1 is 1.35 bits per heavy atom. The van der Waals surface area contributed by atoms with Gasteiger partial charge in [-0.1, -0.05) is 0 Å². The molecular weight excluding hydrogens is 353 g/mol. The fourth-order valence-electron chi connectivity index (χ4n) is 1.68. The van der Waals surface area contributed by atoms with Gasteiger partial charge in [-0.2, -0.15) is 13.2 Å². The van der Waals surface area contributed by atoms with Crippen molar-refractivity contribution in [2.24, 2.45) is 0 Å². The van der Waals surface area contributed by atoms with Gasteiger partial charge in [0, 0.05) is 21.2 Å². The number of nitrogens with zero attached hydrogens (tertiary/aromatic N) is 1. The molecular formula is C13H12BrF3N2S. The van der Waals surface area contributed by atoms with Crippen LogP contribution in [0.5, 0.6) is 0 Å². The van der Waals surface area contributed by atoms with E-state index in [4.69, 9.17) is 0 Å². The van der Waals surface area contributed by atoms with E-state index in [0.717, 1.165) is 22.0 Å². The van der Waals surface area contributed by atoms with Crippen molar-refractivity contribution in [2.75, 3.05) is 5.32 Å². The Hall–Kier alpha value is -1.08. The van der Waals surface area contributed by atoms with Crippen molar-refractivity contribution in [1.82, 2.24) is 4.98 Å². The van der Waals surface area contributed by atoms with Crippen molar-refractivity contribution in [2.45, 2.75) is 26.1 Å². The molecule has 108 valence electrons. The maximum atomic E-state index is 12.6. The normalized spacial score (nSPS) is 13.3. The summed E-state index contributed by atoms with van der Waals surface area (Å²) in [6.07, 6.45) is -2.56. The van der Waals surface area contributed by atoms with E-state index in [-0.39, 0.29) is 6.04 Å². The van der Waals surface area contributed by atoms with Gasteiger partial charge in [0.2, 0.25) is 0 Å². The highest BCUT2D eigenvalue weighted by molar-refractivity contribution is 9.10. The minimum atomic E-state index is -4.33. The highest BCUT2D eigenvalue weighted by Crippen LogP contribution is 2.35. The molecule has 1 unspecified atom stereocenters. The molecule has 20 heavy (non-hydrogen) atoms. The number of alkyl halides is 3. The first-order chi connectivity index (χ1) is 9.27. The quantitative estimate of drug-likeness (QED) is 0.787. The van der Waals surface area contributed by atoms with Gasteiger partial charge in [-0.25, -0.2) is 4.98 Å². The number of thiazole rings is 1. The Labute approximate surface area is 127 Å². The van der Waals surface area contributed by atoms with Gasteiger partial charge in [0.1, 0.15) is 5.01 Å². The van der Waals surface area contributed by atoms with Crippen molar-refractivity contribution < 1.29 is 13.2 Å². The first kappa shape index (κ1) is 15.3. The number of benzene rings is 1. The summed E-state index contributed by atoms with van der Waals surface area (Å²) in [4.78, 5) is 5.36. The van der Waals surface area contributed by atoms with Crippen LogP contribution >= 0.6 is 27.3 Å². The molecule has 0 saturated carbocycles. The molecule has 0 spiro atoms. The van der Waals surface area contributed by atoms with E-state index in [9.17, 15) is 13.2 Å². The second-order valence-electron chi connectivity index (χ2n) is 4.37. The molecule has 0 fully saturated rings. The average molecular weight is 365 g/mol. The molecule has 1 aromatic heterocycles. The SMILES string of the molecule is Cc1cnc(C(C)Nc2ccc(C(F)(F)F)cc2Br)s1. The summed E-state index contributed by atoms with van der Waals surface area (Å²) in [6.45, 7) is 3.88. The molecule has 0 aliphatic heterocycles. The van der Waals surface area contributed by atoms with E-state index in [1.54, 1.807) is 17.5 Å². The third-order valence-electron chi connectivity index (χ3n) is 2.68. The molecule has 0 aliphatic rings. The van der Waals surface area contributed by atoms with Gasteiger partial charge in [0.15, 0.2) is 0 Å². The van der Waals surface area contributed by atoms with Crippen molar-refractivity contribution in [3.63, 3.8) is 0 Å². The number of aromatic nitrogens is 1. The number of hydrogen-bond acceptors (Lipinski definition) is 3. The van der Waals surface area contributed by atoms with Gasteiger partial charge in [-0.3, -0.25) is 0 Å². The van der Waals surface area contributed by atoms with E-state index in [1.165, 1.54) is 6.07 Å². The van der Waals surface area contributed by atoms with Crippen molar-refractivity contribution in [3.8, 4) is 0 Å². The van der Waals surface area contributed by atoms with Crippen LogP contribution in [0.1, 0.15) is 28.4 Å². The van der Waals surface area contributed by atoms with Gasteiger partial charge in [-0.15, -0.1) is 11.3 Å². The van der Waals surface area contributed by atoms with Crippen LogP contribution in [-0.2, 0) is 6.18 Å². The summed E-state index contributed by atoms with van der Waals surface area (Å²) in [5, 5.41) is 4.05. The topological polar surface area (TPSA) is 24.9 Å². The molecule has 1 heterocycles. The number of anilines is 1. The number of aryl methyl sites for hydroxylation is 1. The van der Waals surface area contributed by atoms with Crippen LogP contribution in [-0.4, -0.2) is 4.98 Å². The second kappa shape index (κ2) is 5.73. The predicted octanol–water partition coefficient (Wildman–Crippen LogP) is 5.41. The van der Waals surface area contributed by atoms with Crippen molar-refractivity contribution >= 4 is 33.0 Å². The Morgan fingerprint density at radius 2 is 2.05 bits per heavy atom. The highest BCUT2D eigenvalue weighted by Gasteiger charge is 2.30. The van der Waals surface area contributed by atoms with E-state index in [2.05, 4.69) is 26.2 Å². The predicted molar refractivity (Wildman–Crippen MR) is 78.0 cm³/mol. The summed E-state index contributed by atoms with van der Waals surface area (Å²) in [6, 6.07) is 3.49. The first-order valence-corrected chi connectivity index (χ1v) is 7.44. The standard InChI is InChI=1S/C13H12BrF3N2S/c1-7-6-18-12(20-7)8(2)19-11-4-3-9(5-10(11)14)13(15,16)17/h3-6,8,19H,1-2H3. The highest BCUT2D eigenvalue weighted by atomic mass is 79.9. The minimum Gasteiger partial charge on any atom is -0.375 e. The molecule has 0 aliphatic carbocycles. The Bertz CT molecular complexity index is 610. The molecule has 0 radical (unpaired) electrons. The van der Waals surface area contributed by atoms with Crippen LogP contribution in [0.4, 0.5) is 18.9 Å². The van der Waals surface area contributed by atoms with E-state index >= 15 is 0 Å². The molecule has 7 heteroatoms. The van der Waals surface area contributed by atoms with Gasteiger partial charge in [-0.05, 0) is 48.0 Å². The van der Waals surface area contributed by atoms with Gasteiger partial charge in [0.05, 0.1) is 11.6 Å². The summed E-state index contributed by atoms with van der Waals surface area (Å²) >= 11 is 4.73. The molecule has 0 amide bonds. The van der Waals surface area contributed by atoms with Crippen LogP contribution in [0, 0.1) is 6.92 Å². The van der Waals surface area contributed by atoms with Gasteiger partial charge < -0.3 is 5.32 Å². The summed E-state index contributed by atoms with van der Waals surface area (Å²) in [5.41, 5.74) is -0.0639. The lowest BCUT2D eigenvalue weighted by Gasteiger charge is -2.15. The maximum absolute atomic E-state index is 12.6. The Balaban J connectivity index is 2.18. The van der Waals surface area contributed by atoms with E-state index in [0.29, 0.717) is 10.2 Å². The maximum Gasteiger partial charge on any atom is 0.416 e. The number of hydrogen-bond donors (Lipinski definition) is 1. The lowest BCUT2D eigenvalue weighted by Crippen LogP contribution is -2.08. The minimum absolute atomic E-state index is 0.0678. The summed E-state index contributed by atoms with van der Waals surface area (Å²) < 4.78 is 38.1. The van der Waals surface area contributed by atoms with Crippen LogP contribution in [0.3, 0.4) is 0 Å². The molecule has 0 bridgehead atoms. The molecule has 1 atom stereocenters. The second-order valence-corrected chi connectivity index (χ2v) is 6.49. The monoisotopic (exact) mass is 364 g/mol. The zero-order chi connectivity index (χ0) is 14.9. The number of nitrogens with one attached hydrogen (secondary N) is 1. The molecule has 2 rings (SSSR count).